The number of carbonyl (C=O) groups is 2. The van der Waals surface area contributed by atoms with Crippen LogP contribution in [0.2, 0.25) is 0 Å². The number of hydrogen-bond donors (Lipinski definition) is 5. The maximum Gasteiger partial charge on any atom is 0.573 e. The number of halogens is 3. The Hall–Kier alpha value is -4.10. The lowest BCUT2D eigenvalue weighted by Gasteiger charge is -2.17. The SMILES string of the molecule is CCc1ccc(C(C=N)NC(=O)/C([NH3+])=C/N(N)CCNC(=O)c2ccc(OC(F)(F)F)cc2OC)cc1. The first-order chi connectivity index (χ1) is 17.5. The van der Waals surface area contributed by atoms with Crippen LogP contribution in [0.3, 0.4) is 0 Å². The number of amides is 2. The van der Waals surface area contributed by atoms with E-state index in [2.05, 4.69) is 21.1 Å². The van der Waals surface area contributed by atoms with E-state index in [1.54, 1.807) is 0 Å². The maximum absolute atomic E-state index is 12.5. The van der Waals surface area contributed by atoms with Crippen LogP contribution in [-0.4, -0.2) is 49.6 Å². The van der Waals surface area contributed by atoms with Crippen molar-refractivity contribution in [1.82, 2.24) is 15.6 Å². The van der Waals surface area contributed by atoms with Gasteiger partial charge in [0.25, 0.3) is 5.91 Å². The molecule has 37 heavy (non-hydrogen) atoms. The molecule has 0 bridgehead atoms. The topological polar surface area (TPSA) is 157 Å². The van der Waals surface area contributed by atoms with Crippen LogP contribution >= 0.6 is 0 Å². The van der Waals surface area contributed by atoms with Crippen LogP contribution in [0.1, 0.15) is 34.5 Å². The molecule has 2 aromatic rings. The molecule has 2 rings (SSSR count). The molecule has 0 radical (unpaired) electrons. The van der Waals surface area contributed by atoms with Gasteiger partial charge in [-0.05, 0) is 29.7 Å². The predicted molar refractivity (Wildman–Crippen MR) is 129 cm³/mol. The average Bonchev–Trinajstić information content (AvgIpc) is 2.85. The zero-order valence-corrected chi connectivity index (χ0v) is 20.4. The van der Waals surface area contributed by atoms with Crippen LogP contribution in [-0.2, 0) is 11.2 Å². The number of quaternary nitrogens is 1. The summed E-state index contributed by atoms with van der Waals surface area (Å²) >= 11 is 0. The van der Waals surface area contributed by atoms with Gasteiger partial charge in [0.05, 0.1) is 31.5 Å². The molecule has 2 aromatic carbocycles. The smallest absolute Gasteiger partial charge is 0.496 e. The number of nitrogens with zero attached hydrogens (tertiary/aromatic N) is 1. The first-order valence-corrected chi connectivity index (χ1v) is 11.1. The Morgan fingerprint density at radius 2 is 1.89 bits per heavy atom. The number of carbonyl (C=O) groups excluding carboxylic acids is 2. The first kappa shape index (κ1) is 29.1. The second-order valence-corrected chi connectivity index (χ2v) is 7.77. The molecular weight excluding hydrogens is 493 g/mol. The number of rotatable bonds is 12. The lowest BCUT2D eigenvalue weighted by molar-refractivity contribution is -0.300. The fraction of sp³-hybridized carbons (Fsp3) is 0.292. The number of nitrogens with one attached hydrogen (secondary N) is 3. The number of nitrogens with two attached hydrogens (primary N) is 1. The van der Waals surface area contributed by atoms with E-state index < -0.39 is 30.0 Å². The van der Waals surface area contributed by atoms with Gasteiger partial charge >= 0.3 is 12.3 Å². The van der Waals surface area contributed by atoms with Crippen molar-refractivity contribution in [3.8, 4) is 11.5 Å². The minimum atomic E-state index is -4.88. The van der Waals surface area contributed by atoms with E-state index in [1.807, 2.05) is 31.2 Å². The Labute approximate surface area is 211 Å². The molecule has 0 aliphatic carbocycles. The summed E-state index contributed by atoms with van der Waals surface area (Å²) in [5, 5.41) is 14.0. The van der Waals surface area contributed by atoms with Crippen molar-refractivity contribution in [2.45, 2.75) is 25.7 Å². The van der Waals surface area contributed by atoms with E-state index in [4.69, 9.17) is 16.0 Å². The predicted octanol–water partition coefficient (Wildman–Crippen LogP) is 1.65. The zero-order valence-electron chi connectivity index (χ0n) is 20.4. The summed E-state index contributed by atoms with van der Waals surface area (Å²) in [4.78, 5) is 24.9. The molecule has 13 heteroatoms. The Balaban J connectivity index is 1.91. The Bertz CT molecular complexity index is 1120. The molecule has 0 heterocycles. The van der Waals surface area contributed by atoms with Crippen LogP contribution in [0, 0.1) is 5.41 Å². The van der Waals surface area contributed by atoms with Crippen LogP contribution in [0.15, 0.2) is 54.4 Å². The number of methoxy groups -OCH3 is 1. The largest absolute Gasteiger partial charge is 0.573 e. The number of benzene rings is 2. The summed E-state index contributed by atoms with van der Waals surface area (Å²) in [5.74, 6) is 4.10. The first-order valence-electron chi connectivity index (χ1n) is 11.1. The third kappa shape index (κ3) is 9.13. The molecule has 10 nitrogen and oxygen atoms in total. The van der Waals surface area contributed by atoms with Gasteiger partial charge in [0.1, 0.15) is 11.5 Å². The van der Waals surface area contributed by atoms with E-state index in [9.17, 15) is 22.8 Å². The molecular formula is C24H30F3N6O4+. The van der Waals surface area contributed by atoms with Crippen LogP contribution in [0.5, 0.6) is 11.5 Å². The second kappa shape index (κ2) is 13.3. The van der Waals surface area contributed by atoms with Crippen molar-refractivity contribution in [3.63, 3.8) is 0 Å². The third-order valence-electron chi connectivity index (χ3n) is 5.12. The number of ether oxygens (including phenoxy) is 2. The minimum absolute atomic E-state index is 0.00183. The standard InChI is InChI=1S/C24H29F3N6O4/c1-3-15-4-6-16(7-5-15)20(13-28)32-23(35)19(29)14-33(30)11-10-31-22(34)18-9-8-17(12-21(18)36-2)37-24(25,26)27/h4-9,12-14,20,28H,3,10-11,29-30H2,1-2H3,(H,31,34)(H,32,35)/p+1/b19-14-,28-13?. The summed E-state index contributed by atoms with van der Waals surface area (Å²) in [5.41, 5.74) is 5.60. The van der Waals surface area contributed by atoms with Gasteiger partial charge in [-0.3, -0.25) is 9.59 Å². The third-order valence-corrected chi connectivity index (χ3v) is 5.12. The molecule has 0 fully saturated rings. The quantitative estimate of drug-likeness (QED) is 0.123. The van der Waals surface area contributed by atoms with Gasteiger partial charge in [0.15, 0.2) is 0 Å². The summed E-state index contributed by atoms with van der Waals surface area (Å²) in [6.45, 7) is 2.15. The van der Waals surface area contributed by atoms with Crippen molar-refractivity contribution in [3.05, 3.63) is 71.1 Å². The molecule has 0 aromatic heterocycles. The molecule has 0 spiro atoms. The molecule has 8 N–H and O–H groups in total. The molecule has 1 atom stereocenters. The number of aryl methyl sites for hydroxylation is 1. The van der Waals surface area contributed by atoms with Gasteiger partial charge in [0, 0.05) is 18.8 Å². The van der Waals surface area contributed by atoms with Gasteiger partial charge < -0.3 is 36.3 Å². The highest BCUT2D eigenvalue weighted by molar-refractivity contribution is 5.97. The highest BCUT2D eigenvalue weighted by atomic mass is 19.4. The van der Waals surface area contributed by atoms with Gasteiger partial charge in [-0.2, -0.15) is 0 Å². The van der Waals surface area contributed by atoms with Crippen molar-refractivity contribution in [2.75, 3.05) is 20.2 Å². The van der Waals surface area contributed by atoms with Gasteiger partial charge in [0.2, 0.25) is 5.70 Å². The Morgan fingerprint density at radius 3 is 2.46 bits per heavy atom. The fourth-order valence-corrected chi connectivity index (χ4v) is 3.19. The summed E-state index contributed by atoms with van der Waals surface area (Å²) in [7, 11) is 1.21. The number of hydrazine groups is 1. The fourth-order valence-electron chi connectivity index (χ4n) is 3.19. The molecule has 0 aliphatic rings. The molecule has 2 amide bonds. The minimum Gasteiger partial charge on any atom is -0.496 e. The average molecular weight is 524 g/mol. The molecule has 200 valence electrons. The van der Waals surface area contributed by atoms with Gasteiger partial charge in [-0.1, -0.05) is 31.2 Å². The van der Waals surface area contributed by atoms with Crippen molar-refractivity contribution < 1.29 is 38.0 Å². The van der Waals surface area contributed by atoms with E-state index >= 15 is 0 Å². The number of alkyl halides is 3. The van der Waals surface area contributed by atoms with E-state index in [0.29, 0.717) is 0 Å². The highest BCUT2D eigenvalue weighted by Gasteiger charge is 2.31. The van der Waals surface area contributed by atoms with Crippen molar-refractivity contribution >= 4 is 18.0 Å². The number of hydrogen-bond acceptors (Lipinski definition) is 7. The van der Waals surface area contributed by atoms with Crippen LogP contribution < -0.4 is 31.7 Å². The lowest BCUT2D eigenvalue weighted by atomic mass is 10.0. The lowest BCUT2D eigenvalue weighted by Crippen LogP contribution is -2.56. The van der Waals surface area contributed by atoms with Gasteiger partial charge in [-0.15, -0.1) is 13.2 Å². The van der Waals surface area contributed by atoms with Gasteiger partial charge in [-0.25, -0.2) is 5.84 Å². The van der Waals surface area contributed by atoms with E-state index in [0.717, 1.165) is 47.0 Å². The molecule has 1 unspecified atom stereocenters. The van der Waals surface area contributed by atoms with Crippen LogP contribution in [0.25, 0.3) is 0 Å². The monoisotopic (exact) mass is 523 g/mol. The van der Waals surface area contributed by atoms with Crippen LogP contribution in [0.4, 0.5) is 13.2 Å². The highest BCUT2D eigenvalue weighted by Crippen LogP contribution is 2.29. The second-order valence-electron chi connectivity index (χ2n) is 7.77. The maximum atomic E-state index is 12.5. The zero-order chi connectivity index (χ0) is 27.6. The molecule has 0 aliphatic heterocycles. The Kier molecular flexibility index (Phi) is 10.5. The van der Waals surface area contributed by atoms with E-state index in [-0.39, 0.29) is 30.1 Å². The summed E-state index contributed by atoms with van der Waals surface area (Å²) in [6.07, 6.45) is -1.61. The van der Waals surface area contributed by atoms with Crippen molar-refractivity contribution in [2.24, 2.45) is 5.84 Å². The Morgan fingerprint density at radius 1 is 1.22 bits per heavy atom. The normalized spacial score (nSPS) is 12.4. The molecule has 0 saturated heterocycles. The van der Waals surface area contributed by atoms with E-state index in [1.165, 1.54) is 13.3 Å². The van der Waals surface area contributed by atoms with Crippen molar-refractivity contribution in [1.29, 1.82) is 5.41 Å². The molecule has 0 saturated carbocycles. The summed E-state index contributed by atoms with van der Waals surface area (Å²) < 4.78 is 46.0. The summed E-state index contributed by atoms with van der Waals surface area (Å²) in [6, 6.07) is 9.98.